The van der Waals surface area contributed by atoms with Crippen LogP contribution in [0, 0.1) is 6.92 Å². The molecule has 25 heavy (non-hydrogen) atoms. The molecule has 0 fully saturated rings. The van der Waals surface area contributed by atoms with Crippen molar-refractivity contribution in [2.24, 2.45) is 0 Å². The molecule has 0 atom stereocenters. The fraction of sp³-hybridized carbons (Fsp3) is 0.300. The Hall–Kier alpha value is -2.33. The molecule has 2 aromatic rings. The molecule has 0 aromatic heterocycles. The predicted molar refractivity (Wildman–Crippen MR) is 98.6 cm³/mol. The van der Waals surface area contributed by atoms with Crippen molar-refractivity contribution in [1.29, 1.82) is 0 Å². The van der Waals surface area contributed by atoms with Gasteiger partial charge >= 0.3 is 5.97 Å². The van der Waals surface area contributed by atoms with Crippen molar-refractivity contribution in [1.82, 2.24) is 5.32 Å². The minimum atomic E-state index is -0.359. The van der Waals surface area contributed by atoms with Crippen LogP contribution in [-0.2, 0) is 27.2 Å². The zero-order valence-corrected chi connectivity index (χ0v) is 15.0. The number of hydrogen-bond donors (Lipinski definition) is 1. The number of hydrogen-bond acceptors (Lipinski definition) is 3. The molecule has 0 bridgehead atoms. The monoisotopic (exact) mass is 359 g/mol. The van der Waals surface area contributed by atoms with Crippen LogP contribution in [-0.4, -0.2) is 25.0 Å². The van der Waals surface area contributed by atoms with Crippen molar-refractivity contribution in [2.45, 2.75) is 26.2 Å². The van der Waals surface area contributed by atoms with Crippen LogP contribution in [0.3, 0.4) is 0 Å². The minimum Gasteiger partial charge on any atom is -0.464 e. The second kappa shape index (κ2) is 9.84. The van der Waals surface area contributed by atoms with Crippen LogP contribution in [0.1, 0.15) is 23.1 Å². The molecule has 1 amide bonds. The number of nitrogens with one attached hydrogen (secondary N) is 1. The molecule has 0 aliphatic heterocycles. The van der Waals surface area contributed by atoms with E-state index in [1.165, 1.54) is 5.56 Å². The molecule has 1 N–H and O–H groups in total. The van der Waals surface area contributed by atoms with E-state index in [1.807, 2.05) is 43.3 Å². The van der Waals surface area contributed by atoms with E-state index in [1.54, 1.807) is 12.1 Å². The lowest BCUT2D eigenvalue weighted by molar-refractivity contribution is -0.143. The summed E-state index contributed by atoms with van der Waals surface area (Å²) in [7, 11) is 0. The van der Waals surface area contributed by atoms with E-state index in [0.717, 1.165) is 11.1 Å². The Labute approximate surface area is 153 Å². The number of carbonyl (C=O) groups is 2. The van der Waals surface area contributed by atoms with Crippen molar-refractivity contribution in [3.8, 4) is 0 Å². The van der Waals surface area contributed by atoms with Crippen molar-refractivity contribution in [3.05, 3.63) is 70.2 Å². The average Bonchev–Trinajstić information content (AvgIpc) is 2.60. The van der Waals surface area contributed by atoms with E-state index in [4.69, 9.17) is 16.3 Å². The second-order valence-electron chi connectivity index (χ2n) is 5.82. The summed E-state index contributed by atoms with van der Waals surface area (Å²) in [6, 6.07) is 15.3. The molecule has 0 radical (unpaired) electrons. The number of rotatable bonds is 8. The SMILES string of the molecule is Cc1ccc(CCC(=O)NCCOC(=O)Cc2ccccc2Cl)cc1. The largest absolute Gasteiger partial charge is 0.464 e. The van der Waals surface area contributed by atoms with Crippen LogP contribution in [0.4, 0.5) is 0 Å². The second-order valence-corrected chi connectivity index (χ2v) is 6.23. The van der Waals surface area contributed by atoms with Crippen LogP contribution in [0.2, 0.25) is 5.02 Å². The number of esters is 1. The number of amides is 1. The van der Waals surface area contributed by atoms with Gasteiger partial charge in [0.1, 0.15) is 6.61 Å². The van der Waals surface area contributed by atoms with Gasteiger partial charge in [-0.3, -0.25) is 9.59 Å². The molecule has 132 valence electrons. The Kier molecular flexibility index (Phi) is 7.48. The molecule has 0 aliphatic carbocycles. The number of benzene rings is 2. The number of halogens is 1. The van der Waals surface area contributed by atoms with Gasteiger partial charge in [-0.1, -0.05) is 59.6 Å². The lowest BCUT2D eigenvalue weighted by Gasteiger charge is -2.08. The summed E-state index contributed by atoms with van der Waals surface area (Å²) in [5, 5.41) is 3.30. The first-order chi connectivity index (χ1) is 12.0. The third-order valence-electron chi connectivity index (χ3n) is 3.74. The lowest BCUT2D eigenvalue weighted by Crippen LogP contribution is -2.28. The Morgan fingerprint density at radius 3 is 2.52 bits per heavy atom. The normalized spacial score (nSPS) is 10.3. The smallest absolute Gasteiger partial charge is 0.310 e. The van der Waals surface area contributed by atoms with Gasteiger partial charge in [-0.15, -0.1) is 0 Å². The topological polar surface area (TPSA) is 55.4 Å². The van der Waals surface area contributed by atoms with E-state index < -0.39 is 0 Å². The molecule has 5 heteroatoms. The first-order valence-electron chi connectivity index (χ1n) is 8.26. The number of aryl methyl sites for hydroxylation is 2. The van der Waals surface area contributed by atoms with Gasteiger partial charge in [0.05, 0.1) is 13.0 Å². The molecular formula is C20H22ClNO3. The van der Waals surface area contributed by atoms with Crippen LogP contribution >= 0.6 is 11.6 Å². The van der Waals surface area contributed by atoms with Crippen molar-refractivity contribution in [3.63, 3.8) is 0 Å². The van der Waals surface area contributed by atoms with Crippen LogP contribution < -0.4 is 5.32 Å². The maximum absolute atomic E-state index is 11.8. The fourth-order valence-corrected chi connectivity index (χ4v) is 2.51. The van der Waals surface area contributed by atoms with Crippen molar-refractivity contribution < 1.29 is 14.3 Å². The molecular weight excluding hydrogens is 338 g/mol. The third-order valence-corrected chi connectivity index (χ3v) is 4.11. The Morgan fingerprint density at radius 1 is 1.08 bits per heavy atom. The third kappa shape index (κ3) is 6.98. The van der Waals surface area contributed by atoms with E-state index >= 15 is 0 Å². The molecule has 4 nitrogen and oxygen atoms in total. The van der Waals surface area contributed by atoms with E-state index in [-0.39, 0.29) is 24.9 Å². The Morgan fingerprint density at radius 2 is 1.80 bits per heavy atom. The standard InChI is InChI=1S/C20H22ClNO3/c1-15-6-8-16(9-7-15)10-11-19(23)22-12-13-25-20(24)14-17-4-2-3-5-18(17)21/h2-9H,10-14H2,1H3,(H,22,23). The quantitative estimate of drug-likeness (QED) is 0.580. The van der Waals surface area contributed by atoms with Crippen LogP contribution in [0.5, 0.6) is 0 Å². The van der Waals surface area contributed by atoms with Gasteiger partial charge < -0.3 is 10.1 Å². The highest BCUT2D eigenvalue weighted by atomic mass is 35.5. The van der Waals surface area contributed by atoms with Crippen molar-refractivity contribution >= 4 is 23.5 Å². The highest BCUT2D eigenvalue weighted by molar-refractivity contribution is 6.31. The molecule has 0 saturated carbocycles. The first kappa shape index (κ1) is 19.0. The number of ether oxygens (including phenoxy) is 1. The first-order valence-corrected chi connectivity index (χ1v) is 8.63. The summed E-state index contributed by atoms with van der Waals surface area (Å²) in [4.78, 5) is 23.5. The summed E-state index contributed by atoms with van der Waals surface area (Å²) < 4.78 is 5.12. The summed E-state index contributed by atoms with van der Waals surface area (Å²) in [6.07, 6.45) is 1.23. The Balaban J connectivity index is 1.60. The van der Waals surface area contributed by atoms with E-state index in [0.29, 0.717) is 24.4 Å². The molecule has 2 rings (SSSR count). The summed E-state index contributed by atoms with van der Waals surface area (Å²) >= 11 is 6.00. The summed E-state index contributed by atoms with van der Waals surface area (Å²) in [5.41, 5.74) is 3.06. The maximum Gasteiger partial charge on any atom is 0.310 e. The van der Waals surface area contributed by atoms with Gasteiger partial charge in [0.25, 0.3) is 0 Å². The average molecular weight is 360 g/mol. The zero-order chi connectivity index (χ0) is 18.1. The molecule has 0 aliphatic rings. The molecule has 0 unspecified atom stereocenters. The summed E-state index contributed by atoms with van der Waals surface area (Å²) in [5.74, 6) is -0.412. The van der Waals surface area contributed by atoms with E-state index in [2.05, 4.69) is 5.32 Å². The van der Waals surface area contributed by atoms with Crippen molar-refractivity contribution in [2.75, 3.05) is 13.2 Å². The molecule has 0 spiro atoms. The molecule has 0 heterocycles. The molecule has 2 aromatic carbocycles. The van der Waals surface area contributed by atoms with E-state index in [9.17, 15) is 9.59 Å². The summed E-state index contributed by atoms with van der Waals surface area (Å²) in [6.45, 7) is 2.49. The van der Waals surface area contributed by atoms with Gasteiger partial charge in [0.2, 0.25) is 5.91 Å². The lowest BCUT2D eigenvalue weighted by atomic mass is 10.1. The van der Waals surface area contributed by atoms with Gasteiger partial charge in [0, 0.05) is 11.4 Å². The molecule has 0 saturated heterocycles. The van der Waals surface area contributed by atoms with Gasteiger partial charge in [-0.05, 0) is 30.5 Å². The highest BCUT2D eigenvalue weighted by Crippen LogP contribution is 2.15. The van der Waals surface area contributed by atoms with Gasteiger partial charge in [0.15, 0.2) is 0 Å². The number of carbonyl (C=O) groups excluding carboxylic acids is 2. The van der Waals surface area contributed by atoms with Gasteiger partial charge in [-0.2, -0.15) is 0 Å². The fourth-order valence-electron chi connectivity index (χ4n) is 2.30. The highest BCUT2D eigenvalue weighted by Gasteiger charge is 2.08. The van der Waals surface area contributed by atoms with Crippen LogP contribution in [0.25, 0.3) is 0 Å². The minimum absolute atomic E-state index is 0.0530. The van der Waals surface area contributed by atoms with Crippen LogP contribution in [0.15, 0.2) is 48.5 Å². The van der Waals surface area contributed by atoms with Gasteiger partial charge in [-0.25, -0.2) is 0 Å². The predicted octanol–water partition coefficient (Wildman–Crippen LogP) is 3.48. The Bertz CT molecular complexity index is 713. The maximum atomic E-state index is 11.8. The zero-order valence-electron chi connectivity index (χ0n) is 14.3.